The topological polar surface area (TPSA) is 30.3 Å². The molecule has 4 nitrogen and oxygen atoms in total. The van der Waals surface area contributed by atoms with Crippen LogP contribution in [-0.4, -0.2) is 34.1 Å². The van der Waals surface area contributed by atoms with Gasteiger partial charge in [0.25, 0.3) is 0 Å². The highest BCUT2D eigenvalue weighted by Crippen LogP contribution is 2.26. The minimum absolute atomic E-state index is 0.580. The fourth-order valence-corrected chi connectivity index (χ4v) is 4.03. The summed E-state index contributed by atoms with van der Waals surface area (Å²) >= 11 is 3.57. The largest absolute Gasteiger partial charge is 0.464 e. The van der Waals surface area contributed by atoms with Crippen molar-refractivity contribution in [3.05, 3.63) is 77.0 Å². The lowest BCUT2D eigenvalue weighted by molar-refractivity contribution is 0.131. The molecule has 0 amide bonds. The van der Waals surface area contributed by atoms with Gasteiger partial charge >= 0.3 is 6.01 Å². The first-order valence-corrected chi connectivity index (χ1v) is 10.3. The highest BCUT2D eigenvalue weighted by molar-refractivity contribution is 9.10. The van der Waals surface area contributed by atoms with Gasteiger partial charge in [-0.1, -0.05) is 48.5 Å². The Bertz CT molecular complexity index is 843. The molecule has 0 bridgehead atoms. The lowest BCUT2D eigenvalue weighted by atomic mass is 9.97. The van der Waals surface area contributed by atoms with Gasteiger partial charge in [-0.05, 0) is 65.5 Å². The van der Waals surface area contributed by atoms with Crippen molar-refractivity contribution in [2.45, 2.75) is 19.4 Å². The number of halogens is 1. The van der Waals surface area contributed by atoms with Gasteiger partial charge < -0.3 is 4.74 Å². The van der Waals surface area contributed by atoms with Crippen LogP contribution in [0.2, 0.25) is 0 Å². The molecule has 0 spiro atoms. The molecule has 1 aliphatic heterocycles. The van der Waals surface area contributed by atoms with Crippen LogP contribution in [0.15, 0.2) is 71.5 Å². The molecule has 0 radical (unpaired) electrons. The van der Waals surface area contributed by atoms with Gasteiger partial charge in [0.2, 0.25) is 0 Å². The summed E-state index contributed by atoms with van der Waals surface area (Å²) in [4.78, 5) is 6.97. The van der Waals surface area contributed by atoms with Gasteiger partial charge in [0, 0.05) is 6.54 Å². The molecule has 0 N–H and O–H groups in total. The summed E-state index contributed by atoms with van der Waals surface area (Å²) < 4.78 is 9.02. The molecular weight excluding hydrogens is 402 g/mol. The molecule has 0 saturated carbocycles. The van der Waals surface area contributed by atoms with E-state index in [9.17, 15) is 0 Å². The third kappa shape index (κ3) is 4.60. The molecule has 0 atom stereocenters. The number of nitrogens with zero attached hydrogens (tertiary/aromatic N) is 3. The monoisotopic (exact) mass is 425 g/mol. The molecule has 1 saturated heterocycles. The number of imidazole rings is 1. The zero-order valence-corrected chi connectivity index (χ0v) is 16.9. The first-order chi connectivity index (χ1) is 13.3. The predicted molar refractivity (Wildman–Crippen MR) is 111 cm³/mol. The van der Waals surface area contributed by atoms with Crippen molar-refractivity contribution >= 4 is 15.9 Å². The maximum atomic E-state index is 6.11. The van der Waals surface area contributed by atoms with Gasteiger partial charge in [0.15, 0.2) is 0 Å². The van der Waals surface area contributed by atoms with E-state index in [1.807, 2.05) is 22.8 Å². The van der Waals surface area contributed by atoms with Crippen LogP contribution >= 0.6 is 15.9 Å². The molecule has 140 valence electrons. The molecule has 1 aromatic heterocycles. The molecule has 3 aromatic rings. The SMILES string of the molecule is Brc1cnc(OCC2CCN(Cc3ccccc3)CC2)n1-c1ccccc1. The number of aromatic nitrogens is 2. The minimum atomic E-state index is 0.580. The highest BCUT2D eigenvalue weighted by Gasteiger charge is 2.21. The second kappa shape index (κ2) is 8.72. The first-order valence-electron chi connectivity index (χ1n) is 9.47. The second-order valence-corrected chi connectivity index (χ2v) is 7.86. The Labute approximate surface area is 168 Å². The van der Waals surface area contributed by atoms with E-state index >= 15 is 0 Å². The minimum Gasteiger partial charge on any atom is -0.464 e. The normalized spacial score (nSPS) is 15.7. The van der Waals surface area contributed by atoms with Gasteiger partial charge in [-0.25, -0.2) is 4.98 Å². The number of likely N-dealkylation sites (tertiary alicyclic amines) is 1. The van der Waals surface area contributed by atoms with E-state index in [0.717, 1.165) is 36.5 Å². The Kier molecular flexibility index (Phi) is 5.90. The number of hydrogen-bond acceptors (Lipinski definition) is 3. The smallest absolute Gasteiger partial charge is 0.301 e. The number of piperidine rings is 1. The predicted octanol–water partition coefficient (Wildman–Crippen LogP) is 4.93. The van der Waals surface area contributed by atoms with Crippen LogP contribution in [-0.2, 0) is 6.54 Å². The Hall–Kier alpha value is -2.11. The number of para-hydroxylation sites is 1. The lowest BCUT2D eigenvalue weighted by Gasteiger charge is -2.31. The number of hydrogen-bond donors (Lipinski definition) is 0. The molecule has 0 unspecified atom stereocenters. The van der Waals surface area contributed by atoms with E-state index in [2.05, 4.69) is 68.3 Å². The molecule has 4 rings (SSSR count). The lowest BCUT2D eigenvalue weighted by Crippen LogP contribution is -2.35. The van der Waals surface area contributed by atoms with Gasteiger partial charge in [-0.15, -0.1) is 0 Å². The van der Waals surface area contributed by atoms with Crippen molar-refractivity contribution < 1.29 is 4.74 Å². The summed E-state index contributed by atoms with van der Waals surface area (Å²) in [7, 11) is 0. The molecule has 27 heavy (non-hydrogen) atoms. The summed E-state index contributed by atoms with van der Waals surface area (Å²) in [6.45, 7) is 4.01. The van der Waals surface area contributed by atoms with Crippen LogP contribution < -0.4 is 4.74 Å². The van der Waals surface area contributed by atoms with E-state index in [4.69, 9.17) is 4.74 Å². The highest BCUT2D eigenvalue weighted by atomic mass is 79.9. The van der Waals surface area contributed by atoms with E-state index in [1.54, 1.807) is 6.20 Å². The maximum absolute atomic E-state index is 6.11. The van der Waals surface area contributed by atoms with Crippen molar-refractivity contribution in [2.75, 3.05) is 19.7 Å². The van der Waals surface area contributed by atoms with Gasteiger partial charge in [0.1, 0.15) is 4.60 Å². The average Bonchev–Trinajstić information content (AvgIpc) is 3.09. The molecule has 2 aromatic carbocycles. The van der Waals surface area contributed by atoms with Crippen molar-refractivity contribution in [1.82, 2.24) is 14.5 Å². The summed E-state index contributed by atoms with van der Waals surface area (Å²) in [5.41, 5.74) is 2.44. The van der Waals surface area contributed by atoms with Gasteiger partial charge in [-0.3, -0.25) is 9.47 Å². The quantitative estimate of drug-likeness (QED) is 0.560. The van der Waals surface area contributed by atoms with Crippen LogP contribution in [0.3, 0.4) is 0 Å². The second-order valence-electron chi connectivity index (χ2n) is 7.05. The average molecular weight is 426 g/mol. The van der Waals surface area contributed by atoms with E-state index < -0.39 is 0 Å². The van der Waals surface area contributed by atoms with Crippen LogP contribution in [0.25, 0.3) is 5.69 Å². The third-order valence-corrected chi connectivity index (χ3v) is 5.66. The Balaban J connectivity index is 1.31. The summed E-state index contributed by atoms with van der Waals surface area (Å²) in [6, 6.07) is 21.5. The number of rotatable bonds is 6. The molecule has 1 fully saturated rings. The first kappa shape index (κ1) is 18.3. The van der Waals surface area contributed by atoms with E-state index in [-0.39, 0.29) is 0 Å². The molecular formula is C22H24BrN3O. The van der Waals surface area contributed by atoms with Crippen molar-refractivity contribution in [3.63, 3.8) is 0 Å². The molecule has 0 aliphatic carbocycles. The Morgan fingerprint density at radius 3 is 2.33 bits per heavy atom. The zero-order valence-electron chi connectivity index (χ0n) is 15.3. The summed E-state index contributed by atoms with van der Waals surface area (Å²) in [6.07, 6.45) is 4.13. The zero-order chi connectivity index (χ0) is 18.5. The van der Waals surface area contributed by atoms with Crippen LogP contribution in [0.1, 0.15) is 18.4 Å². The van der Waals surface area contributed by atoms with Crippen LogP contribution in [0.4, 0.5) is 0 Å². The van der Waals surface area contributed by atoms with Gasteiger partial charge in [-0.2, -0.15) is 0 Å². The maximum Gasteiger partial charge on any atom is 0.301 e. The van der Waals surface area contributed by atoms with Crippen molar-refractivity contribution in [3.8, 4) is 11.7 Å². The molecule has 2 heterocycles. The van der Waals surface area contributed by atoms with Crippen LogP contribution in [0, 0.1) is 5.92 Å². The van der Waals surface area contributed by atoms with Gasteiger partial charge in [0.05, 0.1) is 18.5 Å². The van der Waals surface area contributed by atoms with Crippen molar-refractivity contribution in [2.24, 2.45) is 5.92 Å². The molecule has 1 aliphatic rings. The third-order valence-electron chi connectivity index (χ3n) is 5.11. The van der Waals surface area contributed by atoms with E-state index in [0.29, 0.717) is 11.9 Å². The summed E-state index contributed by atoms with van der Waals surface area (Å²) in [5.74, 6) is 0.580. The number of ether oxygens (including phenoxy) is 1. The fourth-order valence-electron chi connectivity index (χ4n) is 3.57. The Morgan fingerprint density at radius 2 is 1.63 bits per heavy atom. The van der Waals surface area contributed by atoms with Crippen molar-refractivity contribution in [1.29, 1.82) is 0 Å². The number of benzene rings is 2. The standard InChI is InChI=1S/C22H24BrN3O/c23-21-15-24-22(26(21)20-9-5-2-6-10-20)27-17-19-11-13-25(14-12-19)16-18-7-3-1-4-8-18/h1-10,15,19H,11-14,16-17H2. The van der Waals surface area contributed by atoms with Crippen LogP contribution in [0.5, 0.6) is 6.01 Å². The summed E-state index contributed by atoms with van der Waals surface area (Å²) in [5, 5.41) is 0. The molecule has 5 heteroatoms. The Morgan fingerprint density at radius 1 is 0.963 bits per heavy atom. The fraction of sp³-hybridized carbons (Fsp3) is 0.318. The van der Waals surface area contributed by atoms with E-state index in [1.165, 1.54) is 18.4 Å².